The standard InChI is InChI=1S/C16H13Br2N3/c17-13-7-6-11(8-14(13)18)16-12(9-15(19)20-21-16)10-4-2-1-3-5-10/h1-8,12H,9H2,(H2,19,20). The van der Waals surface area contributed by atoms with Crippen molar-refractivity contribution in [2.75, 3.05) is 0 Å². The first-order chi connectivity index (χ1) is 10.1. The lowest BCUT2D eigenvalue weighted by Gasteiger charge is -2.22. The van der Waals surface area contributed by atoms with E-state index < -0.39 is 0 Å². The van der Waals surface area contributed by atoms with E-state index in [4.69, 9.17) is 5.73 Å². The molecule has 0 saturated heterocycles. The van der Waals surface area contributed by atoms with Gasteiger partial charge in [-0.3, -0.25) is 0 Å². The minimum atomic E-state index is 0.136. The van der Waals surface area contributed by atoms with Crippen LogP contribution in [0.25, 0.3) is 0 Å². The van der Waals surface area contributed by atoms with Crippen LogP contribution in [0.2, 0.25) is 0 Å². The lowest BCUT2D eigenvalue weighted by molar-refractivity contribution is 0.887. The summed E-state index contributed by atoms with van der Waals surface area (Å²) in [7, 11) is 0. The molecule has 1 atom stereocenters. The molecule has 0 bridgehead atoms. The second kappa shape index (κ2) is 6.12. The SMILES string of the molecule is NC1=NN=C(c2ccc(Br)c(Br)c2)C(c2ccccc2)C1. The van der Waals surface area contributed by atoms with E-state index in [1.54, 1.807) is 0 Å². The molecule has 1 unspecified atom stereocenters. The van der Waals surface area contributed by atoms with Gasteiger partial charge >= 0.3 is 0 Å². The fraction of sp³-hybridized carbons (Fsp3) is 0.125. The van der Waals surface area contributed by atoms with E-state index >= 15 is 0 Å². The number of hydrogen-bond acceptors (Lipinski definition) is 3. The summed E-state index contributed by atoms with van der Waals surface area (Å²) in [5.41, 5.74) is 9.08. The van der Waals surface area contributed by atoms with Crippen molar-refractivity contribution < 1.29 is 0 Å². The number of amidine groups is 1. The van der Waals surface area contributed by atoms with Gasteiger partial charge in [-0.25, -0.2) is 0 Å². The summed E-state index contributed by atoms with van der Waals surface area (Å²) < 4.78 is 2.01. The first-order valence-corrected chi connectivity index (χ1v) is 8.14. The highest BCUT2D eigenvalue weighted by atomic mass is 79.9. The Bertz CT molecular complexity index is 724. The third kappa shape index (κ3) is 3.09. The number of hydrogen-bond donors (Lipinski definition) is 1. The Morgan fingerprint density at radius 2 is 1.71 bits per heavy atom. The Hall–Kier alpha value is -1.46. The van der Waals surface area contributed by atoms with E-state index in [-0.39, 0.29) is 5.92 Å². The van der Waals surface area contributed by atoms with Crippen molar-refractivity contribution in [3.05, 3.63) is 68.6 Å². The maximum absolute atomic E-state index is 5.88. The average molecular weight is 407 g/mol. The van der Waals surface area contributed by atoms with E-state index in [1.165, 1.54) is 5.56 Å². The van der Waals surface area contributed by atoms with Gasteiger partial charge in [-0.05, 0) is 55.1 Å². The van der Waals surface area contributed by atoms with Gasteiger partial charge < -0.3 is 5.73 Å². The minimum absolute atomic E-state index is 0.136. The molecule has 3 rings (SSSR count). The fourth-order valence-corrected chi connectivity index (χ4v) is 3.04. The summed E-state index contributed by atoms with van der Waals surface area (Å²) in [6.07, 6.45) is 0.691. The molecule has 0 spiro atoms. The van der Waals surface area contributed by atoms with Gasteiger partial charge in [-0.15, -0.1) is 5.10 Å². The van der Waals surface area contributed by atoms with Gasteiger partial charge in [0.1, 0.15) is 5.84 Å². The van der Waals surface area contributed by atoms with Crippen molar-refractivity contribution in [1.82, 2.24) is 0 Å². The molecule has 3 nitrogen and oxygen atoms in total. The normalized spacial score (nSPS) is 18.1. The predicted molar refractivity (Wildman–Crippen MR) is 93.8 cm³/mol. The molecule has 0 amide bonds. The maximum Gasteiger partial charge on any atom is 0.123 e. The molecule has 5 heteroatoms. The fourth-order valence-electron chi connectivity index (χ4n) is 2.41. The first-order valence-electron chi connectivity index (χ1n) is 6.55. The zero-order chi connectivity index (χ0) is 14.8. The zero-order valence-corrected chi connectivity index (χ0v) is 14.3. The third-order valence-electron chi connectivity index (χ3n) is 3.45. The third-order valence-corrected chi connectivity index (χ3v) is 5.33. The molecule has 0 aromatic heterocycles. The summed E-state index contributed by atoms with van der Waals surface area (Å²) in [5.74, 6) is 0.709. The topological polar surface area (TPSA) is 50.7 Å². The molecule has 2 aromatic carbocycles. The van der Waals surface area contributed by atoms with Crippen LogP contribution in [0, 0.1) is 0 Å². The number of nitrogens with zero attached hydrogens (tertiary/aromatic N) is 2. The summed E-state index contributed by atoms with van der Waals surface area (Å²) in [4.78, 5) is 0. The van der Waals surface area contributed by atoms with Gasteiger partial charge in [0.15, 0.2) is 0 Å². The van der Waals surface area contributed by atoms with Crippen LogP contribution in [-0.4, -0.2) is 11.5 Å². The Labute approximate surface area is 140 Å². The van der Waals surface area contributed by atoms with E-state index in [0.29, 0.717) is 12.3 Å². The molecule has 0 fully saturated rings. The molecule has 2 N–H and O–H groups in total. The molecule has 0 saturated carbocycles. The molecular weight excluding hydrogens is 394 g/mol. The highest BCUT2D eigenvalue weighted by molar-refractivity contribution is 9.13. The van der Waals surface area contributed by atoms with E-state index in [9.17, 15) is 0 Å². The summed E-state index contributed by atoms with van der Waals surface area (Å²) in [6, 6.07) is 16.4. The van der Waals surface area contributed by atoms with Gasteiger partial charge in [0.2, 0.25) is 0 Å². The van der Waals surface area contributed by atoms with Crippen LogP contribution in [0.5, 0.6) is 0 Å². The molecular formula is C16H13Br2N3. The molecule has 21 heavy (non-hydrogen) atoms. The largest absolute Gasteiger partial charge is 0.386 e. The zero-order valence-electron chi connectivity index (χ0n) is 11.1. The van der Waals surface area contributed by atoms with Crippen LogP contribution in [0.3, 0.4) is 0 Å². The number of rotatable bonds is 2. The van der Waals surface area contributed by atoms with Crippen molar-refractivity contribution in [2.24, 2.45) is 15.9 Å². The van der Waals surface area contributed by atoms with Crippen molar-refractivity contribution in [3.63, 3.8) is 0 Å². The monoisotopic (exact) mass is 405 g/mol. The molecule has 1 aliphatic heterocycles. The molecule has 0 aliphatic carbocycles. The average Bonchev–Trinajstić information content (AvgIpc) is 2.51. The quantitative estimate of drug-likeness (QED) is 0.786. The second-order valence-electron chi connectivity index (χ2n) is 4.87. The predicted octanol–water partition coefficient (Wildman–Crippen LogP) is 4.46. The van der Waals surface area contributed by atoms with Crippen molar-refractivity contribution >= 4 is 43.4 Å². The minimum Gasteiger partial charge on any atom is -0.386 e. The van der Waals surface area contributed by atoms with Crippen LogP contribution in [0.15, 0.2) is 67.7 Å². The van der Waals surface area contributed by atoms with Crippen molar-refractivity contribution in [2.45, 2.75) is 12.3 Å². The van der Waals surface area contributed by atoms with Crippen molar-refractivity contribution in [3.8, 4) is 0 Å². The van der Waals surface area contributed by atoms with Gasteiger partial charge in [-0.1, -0.05) is 36.4 Å². The summed E-state index contributed by atoms with van der Waals surface area (Å²) in [6.45, 7) is 0. The Balaban J connectivity index is 2.06. The second-order valence-corrected chi connectivity index (χ2v) is 6.58. The molecule has 106 valence electrons. The Morgan fingerprint density at radius 1 is 0.952 bits per heavy atom. The molecule has 0 radical (unpaired) electrons. The summed E-state index contributed by atoms with van der Waals surface area (Å²) >= 11 is 7.03. The van der Waals surface area contributed by atoms with Crippen LogP contribution < -0.4 is 5.73 Å². The Morgan fingerprint density at radius 3 is 2.43 bits per heavy atom. The number of nitrogens with two attached hydrogens (primary N) is 1. The highest BCUT2D eigenvalue weighted by Gasteiger charge is 2.24. The van der Waals surface area contributed by atoms with Gasteiger partial charge in [-0.2, -0.15) is 5.10 Å². The van der Waals surface area contributed by atoms with Gasteiger partial charge in [0, 0.05) is 21.3 Å². The van der Waals surface area contributed by atoms with E-state index in [1.807, 2.05) is 30.3 Å². The first kappa shape index (κ1) is 14.5. The smallest absolute Gasteiger partial charge is 0.123 e. The molecule has 2 aromatic rings. The summed E-state index contributed by atoms with van der Waals surface area (Å²) in [5, 5.41) is 8.42. The van der Waals surface area contributed by atoms with E-state index in [2.05, 4.69) is 60.3 Å². The van der Waals surface area contributed by atoms with Crippen LogP contribution in [-0.2, 0) is 0 Å². The van der Waals surface area contributed by atoms with Crippen LogP contribution in [0.1, 0.15) is 23.5 Å². The lowest BCUT2D eigenvalue weighted by Crippen LogP contribution is -2.25. The van der Waals surface area contributed by atoms with E-state index in [0.717, 1.165) is 20.2 Å². The van der Waals surface area contributed by atoms with Crippen LogP contribution >= 0.6 is 31.9 Å². The van der Waals surface area contributed by atoms with Crippen LogP contribution in [0.4, 0.5) is 0 Å². The maximum atomic E-state index is 5.88. The number of benzene rings is 2. The lowest BCUT2D eigenvalue weighted by atomic mass is 9.86. The molecule has 1 aliphatic rings. The van der Waals surface area contributed by atoms with Gasteiger partial charge in [0.05, 0.1) is 5.71 Å². The van der Waals surface area contributed by atoms with Crippen molar-refractivity contribution in [1.29, 1.82) is 0 Å². The highest BCUT2D eigenvalue weighted by Crippen LogP contribution is 2.31. The van der Waals surface area contributed by atoms with Gasteiger partial charge in [0.25, 0.3) is 0 Å². The number of halogens is 2. The Kier molecular flexibility index (Phi) is 4.22. The molecule has 1 heterocycles.